The number of nitrogen functional groups attached to an aromatic ring is 1. The Kier molecular flexibility index (Phi) is 5.65. The average Bonchev–Trinajstić information content (AvgIpc) is 2.68. The molecule has 3 rings (SSSR count). The Bertz CT molecular complexity index is 790. The predicted octanol–water partition coefficient (Wildman–Crippen LogP) is 0.241. The summed E-state index contributed by atoms with van der Waals surface area (Å²) in [4.78, 5) is 33.4. The van der Waals surface area contributed by atoms with E-state index >= 15 is 0 Å². The van der Waals surface area contributed by atoms with Crippen LogP contribution in [0.4, 0.5) is 17.7 Å². The van der Waals surface area contributed by atoms with Crippen LogP contribution >= 0.6 is 0 Å². The highest BCUT2D eigenvalue weighted by atomic mass is 16.5. The fourth-order valence-electron chi connectivity index (χ4n) is 2.64. The third-order valence-corrected chi connectivity index (χ3v) is 4.12. The number of anilines is 3. The fourth-order valence-corrected chi connectivity index (χ4v) is 2.64. The quantitative estimate of drug-likeness (QED) is 0.760. The number of ether oxygens (including phenoxy) is 1. The number of carbonyl (C=O) groups excluding carboxylic acids is 1. The first-order chi connectivity index (χ1) is 12.9. The molecule has 10 nitrogen and oxygen atoms in total. The van der Waals surface area contributed by atoms with Crippen molar-refractivity contribution in [1.82, 2.24) is 24.8 Å². The van der Waals surface area contributed by atoms with Crippen molar-refractivity contribution >= 4 is 23.6 Å². The molecule has 1 aliphatic rings. The van der Waals surface area contributed by atoms with E-state index in [1.165, 1.54) is 4.90 Å². The van der Waals surface area contributed by atoms with Gasteiger partial charge in [-0.1, -0.05) is 0 Å². The minimum atomic E-state index is -0.475. The zero-order valence-electron chi connectivity index (χ0n) is 15.7. The third-order valence-electron chi connectivity index (χ3n) is 4.12. The number of pyridine rings is 1. The minimum absolute atomic E-state index is 0.0703. The summed E-state index contributed by atoms with van der Waals surface area (Å²) in [5.74, 6) is 1.68. The average molecular weight is 372 g/mol. The molecular formula is C17H24N8O2. The first kappa shape index (κ1) is 18.8. The number of amides is 1. The van der Waals surface area contributed by atoms with Gasteiger partial charge in [0, 0.05) is 38.9 Å². The lowest BCUT2D eigenvalue weighted by Gasteiger charge is -2.27. The van der Waals surface area contributed by atoms with Crippen LogP contribution in [0.3, 0.4) is 0 Å². The van der Waals surface area contributed by atoms with Gasteiger partial charge in [-0.25, -0.2) is 4.98 Å². The topological polar surface area (TPSA) is 122 Å². The second-order valence-corrected chi connectivity index (χ2v) is 6.45. The van der Waals surface area contributed by atoms with Gasteiger partial charge in [0.05, 0.1) is 13.2 Å². The lowest BCUT2D eigenvalue weighted by atomic mass is 10.2. The van der Waals surface area contributed by atoms with E-state index in [0.717, 1.165) is 5.56 Å². The summed E-state index contributed by atoms with van der Waals surface area (Å²) < 4.78 is 5.40. The smallest absolute Gasteiger partial charge is 0.244 e. The monoisotopic (exact) mass is 372 g/mol. The van der Waals surface area contributed by atoms with E-state index < -0.39 is 6.04 Å². The number of nitrogens with zero attached hydrogens (tertiary/aromatic N) is 6. The molecule has 0 saturated carbocycles. The van der Waals surface area contributed by atoms with Crippen LogP contribution in [0.2, 0.25) is 0 Å². The number of hydrogen-bond donors (Lipinski definition) is 2. The van der Waals surface area contributed by atoms with Gasteiger partial charge in [-0.05, 0) is 19.1 Å². The van der Waals surface area contributed by atoms with E-state index in [4.69, 9.17) is 10.5 Å². The van der Waals surface area contributed by atoms with Crippen molar-refractivity contribution in [2.75, 3.05) is 56.3 Å². The number of aromatic nitrogens is 4. The Hall–Kier alpha value is -3.01. The van der Waals surface area contributed by atoms with Gasteiger partial charge < -0.3 is 25.6 Å². The van der Waals surface area contributed by atoms with Gasteiger partial charge >= 0.3 is 0 Å². The number of nitrogens with one attached hydrogen (secondary N) is 1. The van der Waals surface area contributed by atoms with Crippen LogP contribution in [-0.2, 0) is 9.53 Å². The van der Waals surface area contributed by atoms with E-state index in [1.54, 1.807) is 39.3 Å². The molecule has 2 aromatic rings. The van der Waals surface area contributed by atoms with Crippen LogP contribution in [0, 0.1) is 0 Å². The van der Waals surface area contributed by atoms with E-state index in [0.29, 0.717) is 49.8 Å². The number of carbonyl (C=O) groups is 1. The Labute approximate surface area is 157 Å². The zero-order chi connectivity index (χ0) is 19.4. The summed E-state index contributed by atoms with van der Waals surface area (Å²) in [5, 5.41) is 3.07. The van der Waals surface area contributed by atoms with E-state index in [-0.39, 0.29) is 5.91 Å². The van der Waals surface area contributed by atoms with Gasteiger partial charge in [0.25, 0.3) is 0 Å². The van der Waals surface area contributed by atoms with Gasteiger partial charge in [-0.2, -0.15) is 15.0 Å². The van der Waals surface area contributed by atoms with Crippen molar-refractivity contribution in [3.8, 4) is 11.4 Å². The summed E-state index contributed by atoms with van der Waals surface area (Å²) in [6.45, 7) is 4.38. The summed E-state index contributed by atoms with van der Waals surface area (Å²) in [5.41, 5.74) is 6.39. The first-order valence-electron chi connectivity index (χ1n) is 8.72. The maximum absolute atomic E-state index is 12.2. The molecular weight excluding hydrogens is 348 g/mol. The highest BCUT2D eigenvalue weighted by Crippen LogP contribution is 2.21. The summed E-state index contributed by atoms with van der Waals surface area (Å²) in [6.07, 6.45) is 1.62. The second kappa shape index (κ2) is 8.12. The normalized spacial score (nSPS) is 15.3. The molecule has 3 heterocycles. The number of likely N-dealkylation sites (N-methyl/N-ethyl adjacent to an activating group) is 1. The molecule has 0 aromatic carbocycles. The van der Waals surface area contributed by atoms with Crippen molar-refractivity contribution in [3.63, 3.8) is 0 Å². The highest BCUT2D eigenvalue weighted by Gasteiger charge is 2.20. The van der Waals surface area contributed by atoms with Crippen molar-refractivity contribution in [1.29, 1.82) is 0 Å². The molecule has 27 heavy (non-hydrogen) atoms. The van der Waals surface area contributed by atoms with Crippen LogP contribution in [0.25, 0.3) is 11.4 Å². The molecule has 0 aliphatic carbocycles. The molecule has 1 atom stereocenters. The van der Waals surface area contributed by atoms with Crippen LogP contribution < -0.4 is 16.0 Å². The van der Waals surface area contributed by atoms with E-state index in [2.05, 4.69) is 25.3 Å². The van der Waals surface area contributed by atoms with Crippen LogP contribution in [0.1, 0.15) is 6.92 Å². The van der Waals surface area contributed by atoms with Gasteiger partial charge in [-0.3, -0.25) is 4.79 Å². The number of nitrogens with two attached hydrogens (primary N) is 1. The molecule has 0 unspecified atom stereocenters. The SMILES string of the molecule is C[C@H](Nc1nc(-c2ccc(N)nc2)nc(N2CCOCC2)n1)C(=O)N(C)C. The minimum Gasteiger partial charge on any atom is -0.384 e. The molecule has 10 heteroatoms. The number of hydrogen-bond acceptors (Lipinski definition) is 9. The Morgan fingerprint density at radius 3 is 2.63 bits per heavy atom. The zero-order valence-corrected chi connectivity index (χ0v) is 15.7. The van der Waals surface area contributed by atoms with Crippen LogP contribution in [0.5, 0.6) is 0 Å². The van der Waals surface area contributed by atoms with Crippen LogP contribution in [0.15, 0.2) is 18.3 Å². The summed E-state index contributed by atoms with van der Waals surface area (Å²) in [7, 11) is 3.41. The fraction of sp³-hybridized carbons (Fsp3) is 0.471. The maximum atomic E-state index is 12.2. The molecule has 1 amide bonds. The molecule has 1 fully saturated rings. The second-order valence-electron chi connectivity index (χ2n) is 6.45. The standard InChI is InChI=1S/C17H24N8O2/c1-11(15(26)24(2)3)20-16-21-14(12-4-5-13(18)19-10-12)22-17(23-16)25-6-8-27-9-7-25/h4-5,10-11H,6-9H2,1-3H3,(H2,18,19)(H,20,21,22,23)/t11-/m0/s1. The van der Waals surface area contributed by atoms with Crippen molar-refractivity contribution < 1.29 is 9.53 Å². The third kappa shape index (κ3) is 4.59. The van der Waals surface area contributed by atoms with Gasteiger partial charge in [0.2, 0.25) is 17.8 Å². The molecule has 1 aliphatic heterocycles. The lowest BCUT2D eigenvalue weighted by Crippen LogP contribution is -2.39. The van der Waals surface area contributed by atoms with Crippen molar-refractivity contribution in [3.05, 3.63) is 18.3 Å². The molecule has 0 bridgehead atoms. The molecule has 0 radical (unpaired) electrons. The van der Waals surface area contributed by atoms with Crippen LogP contribution in [-0.4, -0.2) is 77.2 Å². The molecule has 0 spiro atoms. The highest BCUT2D eigenvalue weighted by molar-refractivity contribution is 5.83. The Morgan fingerprint density at radius 2 is 2.00 bits per heavy atom. The van der Waals surface area contributed by atoms with Gasteiger partial charge in [-0.15, -0.1) is 0 Å². The van der Waals surface area contributed by atoms with E-state index in [1.807, 2.05) is 4.90 Å². The number of rotatable bonds is 5. The number of morpholine rings is 1. The Balaban J connectivity index is 1.94. The lowest BCUT2D eigenvalue weighted by molar-refractivity contribution is -0.129. The molecule has 3 N–H and O–H groups in total. The molecule has 144 valence electrons. The van der Waals surface area contributed by atoms with Gasteiger partial charge in [0.1, 0.15) is 11.9 Å². The first-order valence-corrected chi connectivity index (χ1v) is 8.72. The van der Waals surface area contributed by atoms with Crippen molar-refractivity contribution in [2.24, 2.45) is 0 Å². The Morgan fingerprint density at radius 1 is 1.26 bits per heavy atom. The predicted molar refractivity (Wildman–Crippen MR) is 102 cm³/mol. The van der Waals surface area contributed by atoms with Gasteiger partial charge in [0.15, 0.2) is 5.82 Å². The summed E-state index contributed by atoms with van der Waals surface area (Å²) >= 11 is 0. The maximum Gasteiger partial charge on any atom is 0.244 e. The molecule has 1 saturated heterocycles. The largest absolute Gasteiger partial charge is 0.384 e. The summed E-state index contributed by atoms with van der Waals surface area (Å²) in [6, 6.07) is 3.02. The van der Waals surface area contributed by atoms with Crippen molar-refractivity contribution in [2.45, 2.75) is 13.0 Å². The van der Waals surface area contributed by atoms with E-state index in [9.17, 15) is 4.79 Å². The molecule has 2 aromatic heterocycles.